The molecule has 0 radical (unpaired) electrons. The molecule has 2 atom stereocenters. The highest BCUT2D eigenvalue weighted by atomic mass is 32.2. The van der Waals surface area contributed by atoms with Gasteiger partial charge in [-0.1, -0.05) is 23.5 Å². The molecule has 1 N–H and O–H groups in total. The van der Waals surface area contributed by atoms with E-state index in [4.69, 9.17) is 9.47 Å². The van der Waals surface area contributed by atoms with E-state index >= 15 is 0 Å². The molecule has 0 bridgehead atoms. The number of thioether (sulfide) groups is 1. The molecule has 7 heteroatoms. The van der Waals surface area contributed by atoms with E-state index in [2.05, 4.69) is 4.98 Å². The number of aromatic nitrogens is 1. The minimum atomic E-state index is -0.299. The first kappa shape index (κ1) is 16.1. The monoisotopic (exact) mass is 351 g/mol. The summed E-state index contributed by atoms with van der Waals surface area (Å²) in [6.45, 7) is 2.15. The highest BCUT2D eigenvalue weighted by Crippen LogP contribution is 2.45. The second-order valence-electron chi connectivity index (χ2n) is 5.13. The fourth-order valence-electron chi connectivity index (χ4n) is 2.74. The Hall–Kier alpha value is -1.73. The molecule has 1 aromatic heterocycles. The second-order valence-corrected chi connectivity index (χ2v) is 7.17. The number of hydrogen-bond acceptors (Lipinski definition) is 6. The van der Waals surface area contributed by atoms with Crippen molar-refractivity contribution >= 4 is 29.1 Å². The zero-order chi connectivity index (χ0) is 16.4. The van der Waals surface area contributed by atoms with E-state index in [9.17, 15) is 9.59 Å². The van der Waals surface area contributed by atoms with Crippen LogP contribution < -0.4 is 9.61 Å². The quantitative estimate of drug-likeness (QED) is 0.858. The molecule has 122 valence electrons. The number of fused-ring (bicyclic) bond motifs is 1. The molecule has 0 spiro atoms. The van der Waals surface area contributed by atoms with Crippen molar-refractivity contribution in [1.82, 2.24) is 4.98 Å². The molecule has 0 aliphatic carbocycles. The van der Waals surface area contributed by atoms with Crippen LogP contribution in [0.3, 0.4) is 0 Å². The van der Waals surface area contributed by atoms with E-state index < -0.39 is 0 Å². The van der Waals surface area contributed by atoms with Crippen LogP contribution in [0.1, 0.15) is 23.3 Å². The van der Waals surface area contributed by atoms with E-state index in [0.717, 1.165) is 21.2 Å². The van der Waals surface area contributed by atoms with Crippen LogP contribution >= 0.6 is 23.1 Å². The van der Waals surface area contributed by atoms with Gasteiger partial charge < -0.3 is 14.5 Å². The zero-order valence-electron chi connectivity index (χ0n) is 12.8. The smallest absolute Gasteiger partial charge is 0.310 e. The van der Waals surface area contributed by atoms with Crippen molar-refractivity contribution < 1.29 is 14.3 Å². The van der Waals surface area contributed by atoms with Crippen LogP contribution in [0.25, 0.3) is 0 Å². The molecule has 1 aliphatic rings. The highest BCUT2D eigenvalue weighted by Gasteiger charge is 2.39. The molecule has 0 unspecified atom stereocenters. The number of carbonyl (C=O) groups excluding carboxylic acids is 1. The van der Waals surface area contributed by atoms with Crippen LogP contribution in [-0.4, -0.2) is 30.4 Å². The molecule has 0 saturated heterocycles. The highest BCUT2D eigenvalue weighted by molar-refractivity contribution is 7.99. The molecule has 3 rings (SSSR count). The maximum Gasteiger partial charge on any atom is 0.310 e. The topological polar surface area (TPSA) is 68.4 Å². The summed E-state index contributed by atoms with van der Waals surface area (Å²) in [4.78, 5) is 27.8. The molecule has 0 fully saturated rings. The standard InChI is InChI=1S/C16H17NO4S2/c1-3-21-15(18)11-8-22-14-13(23-16(19)17-14)12(11)9-4-6-10(20-2)7-5-9/h4-7,11-12H,3,8H2,1-2H3,(H,17,19)/t11-,12-/m1/s1. The van der Waals surface area contributed by atoms with E-state index in [1.807, 2.05) is 24.3 Å². The fourth-order valence-corrected chi connectivity index (χ4v) is 5.14. The van der Waals surface area contributed by atoms with Gasteiger partial charge in [-0.2, -0.15) is 0 Å². The lowest BCUT2D eigenvalue weighted by Crippen LogP contribution is -2.29. The number of aromatic amines is 1. The van der Waals surface area contributed by atoms with Crippen molar-refractivity contribution in [2.75, 3.05) is 19.5 Å². The molecule has 2 heterocycles. The van der Waals surface area contributed by atoms with Crippen molar-refractivity contribution in [2.45, 2.75) is 17.9 Å². The van der Waals surface area contributed by atoms with Gasteiger partial charge in [-0.05, 0) is 24.6 Å². The first-order valence-corrected chi connectivity index (χ1v) is 9.10. The first-order valence-electron chi connectivity index (χ1n) is 7.30. The lowest BCUT2D eigenvalue weighted by molar-refractivity contribution is -0.147. The van der Waals surface area contributed by atoms with Gasteiger partial charge in [-0.25, -0.2) is 0 Å². The Morgan fingerprint density at radius 1 is 1.35 bits per heavy atom. The summed E-state index contributed by atoms with van der Waals surface area (Å²) in [6, 6.07) is 7.63. The molecule has 5 nitrogen and oxygen atoms in total. The van der Waals surface area contributed by atoms with Crippen molar-refractivity contribution in [2.24, 2.45) is 5.92 Å². The molecular formula is C16H17NO4S2. The first-order chi connectivity index (χ1) is 11.1. The fraction of sp³-hybridized carbons (Fsp3) is 0.375. The molecule has 1 aliphatic heterocycles. The van der Waals surface area contributed by atoms with Gasteiger partial charge in [0.1, 0.15) is 5.75 Å². The Labute approximate surface area is 142 Å². The van der Waals surface area contributed by atoms with E-state index in [0.29, 0.717) is 12.4 Å². The number of carbonyl (C=O) groups is 1. The van der Waals surface area contributed by atoms with Gasteiger partial charge in [-0.15, -0.1) is 11.8 Å². The van der Waals surface area contributed by atoms with Gasteiger partial charge in [0.25, 0.3) is 0 Å². The summed E-state index contributed by atoms with van der Waals surface area (Å²) in [5.41, 5.74) is 0.987. The van der Waals surface area contributed by atoms with Crippen LogP contribution in [0.15, 0.2) is 34.1 Å². The van der Waals surface area contributed by atoms with Gasteiger partial charge in [0.05, 0.1) is 24.7 Å². The largest absolute Gasteiger partial charge is 0.497 e. The van der Waals surface area contributed by atoms with Crippen molar-refractivity contribution in [1.29, 1.82) is 0 Å². The van der Waals surface area contributed by atoms with Crippen molar-refractivity contribution in [3.63, 3.8) is 0 Å². The Kier molecular flexibility index (Phi) is 4.77. The van der Waals surface area contributed by atoms with E-state index in [1.54, 1.807) is 14.0 Å². The lowest BCUT2D eigenvalue weighted by atomic mass is 9.85. The summed E-state index contributed by atoms with van der Waals surface area (Å²) < 4.78 is 10.4. The summed E-state index contributed by atoms with van der Waals surface area (Å²) in [5.74, 6) is 0.670. The van der Waals surface area contributed by atoms with Crippen LogP contribution in [-0.2, 0) is 9.53 Å². The Morgan fingerprint density at radius 3 is 2.74 bits per heavy atom. The van der Waals surface area contributed by atoms with Crippen LogP contribution in [0.2, 0.25) is 0 Å². The molecule has 0 amide bonds. The van der Waals surface area contributed by atoms with Crippen LogP contribution in [0.5, 0.6) is 5.75 Å². The summed E-state index contributed by atoms with van der Waals surface area (Å²) in [7, 11) is 1.61. The Balaban J connectivity index is 2.04. The number of methoxy groups -OCH3 is 1. The predicted octanol–water partition coefficient (Wildman–Crippen LogP) is 2.86. The molecule has 2 aromatic rings. The van der Waals surface area contributed by atoms with Gasteiger partial charge in [0.2, 0.25) is 0 Å². The van der Waals surface area contributed by atoms with Crippen LogP contribution in [0.4, 0.5) is 0 Å². The maximum atomic E-state index is 12.4. The number of benzene rings is 1. The molecular weight excluding hydrogens is 334 g/mol. The molecule has 0 saturated carbocycles. The minimum Gasteiger partial charge on any atom is -0.497 e. The molecule has 1 aromatic carbocycles. The Morgan fingerprint density at radius 2 is 2.09 bits per heavy atom. The van der Waals surface area contributed by atoms with Gasteiger partial charge in [0, 0.05) is 16.5 Å². The average Bonchev–Trinajstić information content (AvgIpc) is 2.94. The van der Waals surface area contributed by atoms with Gasteiger partial charge in [0.15, 0.2) is 0 Å². The Bertz CT molecular complexity index is 750. The predicted molar refractivity (Wildman–Crippen MR) is 90.6 cm³/mol. The van der Waals surface area contributed by atoms with Crippen molar-refractivity contribution in [3.8, 4) is 5.75 Å². The number of H-pyrrole nitrogens is 1. The van der Waals surface area contributed by atoms with Crippen molar-refractivity contribution in [3.05, 3.63) is 44.4 Å². The third-order valence-electron chi connectivity index (χ3n) is 3.80. The van der Waals surface area contributed by atoms with Gasteiger partial charge >= 0.3 is 10.8 Å². The minimum absolute atomic E-state index is 0.0921. The zero-order valence-corrected chi connectivity index (χ0v) is 14.5. The van der Waals surface area contributed by atoms with Gasteiger partial charge in [-0.3, -0.25) is 9.59 Å². The summed E-state index contributed by atoms with van der Waals surface area (Å²) in [6.07, 6.45) is 0. The number of hydrogen-bond donors (Lipinski definition) is 1. The number of nitrogens with one attached hydrogen (secondary N) is 1. The van der Waals surface area contributed by atoms with E-state index in [1.165, 1.54) is 23.1 Å². The average molecular weight is 351 g/mol. The summed E-state index contributed by atoms with van der Waals surface area (Å²) in [5, 5.41) is 0.862. The third-order valence-corrected chi connectivity index (χ3v) is 6.03. The maximum absolute atomic E-state index is 12.4. The second kappa shape index (κ2) is 6.80. The normalized spacial score (nSPS) is 19.9. The van der Waals surface area contributed by atoms with E-state index in [-0.39, 0.29) is 22.7 Å². The number of thiazole rings is 1. The lowest BCUT2D eigenvalue weighted by Gasteiger charge is -2.29. The number of ether oxygens (including phenoxy) is 2. The SMILES string of the molecule is CCOC(=O)[C@@H]1CSc2[nH]c(=O)sc2[C@@H]1c1ccc(OC)cc1. The molecule has 23 heavy (non-hydrogen) atoms. The van der Waals surface area contributed by atoms with Crippen LogP contribution in [0, 0.1) is 5.92 Å². The summed E-state index contributed by atoms with van der Waals surface area (Å²) >= 11 is 2.68. The number of rotatable bonds is 4. The number of esters is 1. The third kappa shape index (κ3) is 3.16.